The van der Waals surface area contributed by atoms with Crippen molar-refractivity contribution in [1.82, 2.24) is 10.2 Å². The van der Waals surface area contributed by atoms with Crippen LogP contribution in [0, 0.1) is 0 Å². The number of nitrogens with zero attached hydrogens (tertiary/aromatic N) is 2. The third-order valence-electron chi connectivity index (χ3n) is 6.42. The van der Waals surface area contributed by atoms with Crippen LogP contribution in [0.3, 0.4) is 0 Å². The highest BCUT2D eigenvalue weighted by atomic mass is 16.5. The lowest BCUT2D eigenvalue weighted by molar-refractivity contribution is -0.143. The molecule has 0 unspecified atom stereocenters. The lowest BCUT2D eigenvalue weighted by atomic mass is 9.89. The van der Waals surface area contributed by atoms with Crippen LogP contribution in [0.25, 0.3) is 0 Å². The van der Waals surface area contributed by atoms with Gasteiger partial charge in [-0.05, 0) is 41.7 Å². The second-order valence-electron chi connectivity index (χ2n) is 9.30. The van der Waals surface area contributed by atoms with Crippen molar-refractivity contribution in [3.63, 3.8) is 0 Å². The van der Waals surface area contributed by atoms with Crippen LogP contribution < -0.4 is 21.5 Å². The van der Waals surface area contributed by atoms with Gasteiger partial charge in [0.25, 0.3) is 0 Å². The van der Waals surface area contributed by atoms with Gasteiger partial charge in [0.2, 0.25) is 11.8 Å². The summed E-state index contributed by atoms with van der Waals surface area (Å²) in [4.78, 5) is 44.7. The normalized spacial score (nSPS) is 11.4. The van der Waals surface area contributed by atoms with Gasteiger partial charge in [-0.2, -0.15) is 0 Å². The lowest BCUT2D eigenvalue weighted by Gasteiger charge is -2.34. The van der Waals surface area contributed by atoms with Crippen LogP contribution in [0.15, 0.2) is 83.9 Å². The van der Waals surface area contributed by atoms with Crippen molar-refractivity contribution < 1.29 is 29.3 Å². The van der Waals surface area contributed by atoms with E-state index in [1.54, 1.807) is 12.1 Å². The van der Waals surface area contributed by atoms with Gasteiger partial charge in [-0.15, -0.1) is 0 Å². The van der Waals surface area contributed by atoms with Gasteiger partial charge in [-0.25, -0.2) is 0 Å². The van der Waals surface area contributed by atoms with E-state index in [1.165, 1.54) is 18.1 Å². The second-order valence-corrected chi connectivity index (χ2v) is 9.30. The zero-order valence-electron chi connectivity index (χ0n) is 22.8. The van der Waals surface area contributed by atoms with Gasteiger partial charge in [0.1, 0.15) is 12.6 Å². The number of rotatable bonds is 14. The van der Waals surface area contributed by atoms with Crippen LogP contribution in [0.1, 0.15) is 35.4 Å². The maximum atomic E-state index is 14.6. The Balaban J connectivity index is 2.11. The topological polar surface area (TPSA) is 181 Å². The molecule has 11 nitrogen and oxygen atoms in total. The standard InChI is InChI=1S/C30H35N5O6/c1-41-25-17-20(14-15-24(25)36)19-35(23(13-8-16-33-30(31)32)28(39)34-18-26(37)38)29(40)27(21-9-4-2-5-10-21)22-11-6-3-7-12-22/h2-7,9-12,14-15,17,23,27,36H,8,13,16,18-19H2,1H3,(H,34,39)(H,37,38)(H4,31,32,33)/t23-/m0/s1. The fourth-order valence-corrected chi connectivity index (χ4v) is 4.49. The van der Waals surface area contributed by atoms with E-state index < -0.39 is 30.4 Å². The first kappa shape index (κ1) is 30.5. The van der Waals surface area contributed by atoms with E-state index >= 15 is 0 Å². The number of amides is 2. The first-order chi connectivity index (χ1) is 19.7. The van der Waals surface area contributed by atoms with Gasteiger partial charge in [0.05, 0.1) is 13.0 Å². The summed E-state index contributed by atoms with van der Waals surface area (Å²) in [6.07, 6.45) is 0.493. The fourth-order valence-electron chi connectivity index (χ4n) is 4.49. The predicted molar refractivity (Wildman–Crippen MR) is 154 cm³/mol. The molecule has 7 N–H and O–H groups in total. The molecular weight excluding hydrogens is 526 g/mol. The van der Waals surface area contributed by atoms with E-state index in [-0.39, 0.29) is 42.9 Å². The van der Waals surface area contributed by atoms with Crippen molar-refractivity contribution >= 4 is 23.7 Å². The maximum Gasteiger partial charge on any atom is 0.322 e. The molecule has 0 aliphatic rings. The number of phenolic OH excluding ortho intramolecular Hbond substituents is 1. The fraction of sp³-hybridized carbons (Fsp3) is 0.267. The maximum absolute atomic E-state index is 14.6. The Labute approximate surface area is 238 Å². The Hall–Kier alpha value is -5.06. The van der Waals surface area contributed by atoms with Crippen molar-refractivity contribution in [3.8, 4) is 11.5 Å². The van der Waals surface area contributed by atoms with E-state index in [4.69, 9.17) is 16.2 Å². The first-order valence-electron chi connectivity index (χ1n) is 13.0. The molecule has 0 saturated carbocycles. The number of aliphatic imine (C=N–C) groups is 1. The molecule has 0 fully saturated rings. The summed E-state index contributed by atoms with van der Waals surface area (Å²) in [7, 11) is 1.41. The summed E-state index contributed by atoms with van der Waals surface area (Å²) < 4.78 is 5.25. The summed E-state index contributed by atoms with van der Waals surface area (Å²) in [5.74, 6) is -2.95. The number of methoxy groups -OCH3 is 1. The van der Waals surface area contributed by atoms with Gasteiger partial charge >= 0.3 is 5.97 Å². The minimum atomic E-state index is -1.22. The van der Waals surface area contributed by atoms with Crippen molar-refractivity contribution in [1.29, 1.82) is 0 Å². The Morgan fingerprint density at radius 1 is 0.976 bits per heavy atom. The van der Waals surface area contributed by atoms with E-state index in [0.717, 1.165) is 11.1 Å². The number of carboxylic acids is 1. The third kappa shape index (κ3) is 8.72. The zero-order valence-corrected chi connectivity index (χ0v) is 22.8. The number of benzene rings is 3. The smallest absolute Gasteiger partial charge is 0.322 e. The number of aliphatic carboxylic acids is 1. The summed E-state index contributed by atoms with van der Waals surface area (Å²) in [6, 6.07) is 22.0. The summed E-state index contributed by atoms with van der Waals surface area (Å²) in [5, 5.41) is 21.7. The number of ether oxygens (including phenoxy) is 1. The molecule has 41 heavy (non-hydrogen) atoms. The number of phenols is 1. The number of carbonyl (C=O) groups excluding carboxylic acids is 2. The zero-order chi connectivity index (χ0) is 29.8. The Kier molecular flexibility index (Phi) is 11.1. The molecule has 3 rings (SSSR count). The van der Waals surface area contributed by atoms with Crippen molar-refractivity contribution in [2.45, 2.75) is 31.3 Å². The number of aromatic hydroxyl groups is 1. The average molecular weight is 562 g/mol. The summed E-state index contributed by atoms with van der Waals surface area (Å²) >= 11 is 0. The number of hydrogen-bond acceptors (Lipinski definition) is 6. The van der Waals surface area contributed by atoms with Crippen LogP contribution >= 0.6 is 0 Å². The van der Waals surface area contributed by atoms with Crippen molar-refractivity contribution in [3.05, 3.63) is 95.6 Å². The van der Waals surface area contributed by atoms with Crippen LogP contribution in [0.4, 0.5) is 0 Å². The molecule has 0 aromatic heterocycles. The molecule has 2 amide bonds. The highest BCUT2D eigenvalue weighted by Crippen LogP contribution is 2.31. The van der Waals surface area contributed by atoms with E-state index in [0.29, 0.717) is 12.0 Å². The molecule has 216 valence electrons. The molecule has 0 aliphatic heterocycles. The quantitative estimate of drug-likeness (QED) is 0.113. The SMILES string of the molecule is COc1cc(CN(C(=O)C(c2ccccc2)c2ccccc2)[C@@H](CCCN=C(N)N)C(=O)NCC(=O)O)ccc1O. The van der Waals surface area contributed by atoms with Gasteiger partial charge in [-0.1, -0.05) is 66.7 Å². The minimum absolute atomic E-state index is 0.0287. The molecular formula is C30H35N5O6. The van der Waals surface area contributed by atoms with E-state index in [2.05, 4.69) is 10.3 Å². The molecule has 0 heterocycles. The van der Waals surface area contributed by atoms with Crippen molar-refractivity contribution in [2.75, 3.05) is 20.2 Å². The lowest BCUT2D eigenvalue weighted by Crippen LogP contribution is -2.51. The van der Waals surface area contributed by atoms with Crippen LogP contribution in [-0.4, -0.2) is 65.1 Å². The van der Waals surface area contributed by atoms with Gasteiger partial charge in [0.15, 0.2) is 17.5 Å². The van der Waals surface area contributed by atoms with Gasteiger partial charge in [-0.3, -0.25) is 19.4 Å². The number of carbonyl (C=O) groups is 3. The van der Waals surface area contributed by atoms with Crippen LogP contribution in [-0.2, 0) is 20.9 Å². The molecule has 3 aromatic carbocycles. The number of nitrogens with one attached hydrogen (secondary N) is 1. The second kappa shape index (κ2) is 14.9. The summed E-state index contributed by atoms with van der Waals surface area (Å²) in [5.41, 5.74) is 12.9. The molecule has 0 bridgehead atoms. The third-order valence-corrected chi connectivity index (χ3v) is 6.42. The molecule has 0 saturated heterocycles. The number of carboxylic acid groups (broad SMARTS) is 1. The largest absolute Gasteiger partial charge is 0.504 e. The molecule has 0 aliphatic carbocycles. The minimum Gasteiger partial charge on any atom is -0.504 e. The average Bonchev–Trinajstić information content (AvgIpc) is 2.97. The summed E-state index contributed by atoms with van der Waals surface area (Å²) in [6.45, 7) is -0.431. The highest BCUT2D eigenvalue weighted by Gasteiger charge is 2.35. The van der Waals surface area contributed by atoms with Crippen LogP contribution in [0.2, 0.25) is 0 Å². The highest BCUT2D eigenvalue weighted by molar-refractivity contribution is 5.93. The first-order valence-corrected chi connectivity index (χ1v) is 13.0. The van der Waals surface area contributed by atoms with Crippen molar-refractivity contribution in [2.24, 2.45) is 16.5 Å². The Morgan fingerprint density at radius 3 is 2.12 bits per heavy atom. The molecule has 0 spiro atoms. The van der Waals surface area contributed by atoms with Gasteiger partial charge in [0, 0.05) is 13.1 Å². The Morgan fingerprint density at radius 2 is 1.59 bits per heavy atom. The molecule has 0 radical (unpaired) electrons. The molecule has 3 aromatic rings. The van der Waals surface area contributed by atoms with Crippen LogP contribution in [0.5, 0.6) is 11.5 Å². The molecule has 11 heteroatoms. The number of nitrogens with two attached hydrogens (primary N) is 2. The van der Waals surface area contributed by atoms with E-state index in [1.807, 2.05) is 60.7 Å². The van der Waals surface area contributed by atoms with E-state index in [9.17, 15) is 24.6 Å². The van der Waals surface area contributed by atoms with Gasteiger partial charge < -0.3 is 36.6 Å². The Bertz CT molecular complexity index is 1310. The molecule has 1 atom stereocenters. The monoisotopic (exact) mass is 561 g/mol. The number of hydrogen-bond donors (Lipinski definition) is 5. The number of guanidine groups is 1. The predicted octanol–water partition coefficient (Wildman–Crippen LogP) is 2.18.